The third-order valence-corrected chi connectivity index (χ3v) is 3.66. The van der Waals surface area contributed by atoms with E-state index < -0.39 is 5.54 Å². The molecule has 20 heavy (non-hydrogen) atoms. The summed E-state index contributed by atoms with van der Waals surface area (Å²) in [6.45, 7) is 4.10. The topological polar surface area (TPSA) is 51.8 Å². The van der Waals surface area contributed by atoms with Crippen molar-refractivity contribution in [2.45, 2.75) is 38.6 Å². The van der Waals surface area contributed by atoms with E-state index >= 15 is 0 Å². The van der Waals surface area contributed by atoms with Gasteiger partial charge in [0.05, 0.1) is 17.4 Å². The largest absolute Gasteiger partial charge is 0.320 e. The van der Waals surface area contributed by atoms with Gasteiger partial charge in [0.1, 0.15) is 5.82 Å². The van der Waals surface area contributed by atoms with Crippen molar-refractivity contribution in [3.8, 4) is 0 Å². The van der Waals surface area contributed by atoms with Crippen molar-refractivity contribution < 1.29 is 4.39 Å². The summed E-state index contributed by atoms with van der Waals surface area (Å²) in [5.41, 5.74) is 8.66. The van der Waals surface area contributed by atoms with Crippen molar-refractivity contribution >= 4 is 0 Å². The molecule has 2 aromatic rings. The number of rotatable bonds is 5. The van der Waals surface area contributed by atoms with E-state index in [0.717, 1.165) is 12.1 Å². The summed E-state index contributed by atoms with van der Waals surface area (Å²) >= 11 is 0. The van der Waals surface area contributed by atoms with Crippen LogP contribution in [-0.2, 0) is 18.4 Å². The van der Waals surface area contributed by atoms with E-state index in [0.29, 0.717) is 18.5 Å². The van der Waals surface area contributed by atoms with Crippen LogP contribution in [0.25, 0.3) is 0 Å². The first kappa shape index (κ1) is 14.6. The van der Waals surface area contributed by atoms with Crippen LogP contribution in [-0.4, -0.2) is 9.97 Å². The maximum atomic E-state index is 13.0. The SMILES string of the molecule is CCc1ccc(CC(N)(CC)c2ccc(F)cn2)nc1. The maximum absolute atomic E-state index is 13.0. The zero-order chi connectivity index (χ0) is 14.6. The van der Waals surface area contributed by atoms with Gasteiger partial charge in [-0.1, -0.05) is 19.9 Å². The predicted molar refractivity (Wildman–Crippen MR) is 77.7 cm³/mol. The molecule has 0 radical (unpaired) electrons. The van der Waals surface area contributed by atoms with Crippen molar-refractivity contribution in [3.05, 3.63) is 59.4 Å². The minimum atomic E-state index is -0.617. The number of pyridine rings is 2. The van der Waals surface area contributed by atoms with E-state index in [-0.39, 0.29) is 5.82 Å². The van der Waals surface area contributed by atoms with Gasteiger partial charge in [0.15, 0.2) is 0 Å². The van der Waals surface area contributed by atoms with Gasteiger partial charge in [-0.3, -0.25) is 9.97 Å². The fourth-order valence-corrected chi connectivity index (χ4v) is 2.16. The molecule has 1 atom stereocenters. The van der Waals surface area contributed by atoms with Crippen molar-refractivity contribution in [1.82, 2.24) is 9.97 Å². The number of halogens is 1. The van der Waals surface area contributed by atoms with Crippen molar-refractivity contribution in [2.24, 2.45) is 5.73 Å². The Morgan fingerprint density at radius 2 is 1.90 bits per heavy atom. The van der Waals surface area contributed by atoms with E-state index in [1.807, 2.05) is 19.2 Å². The van der Waals surface area contributed by atoms with Gasteiger partial charge in [0.25, 0.3) is 0 Å². The van der Waals surface area contributed by atoms with Crippen LogP contribution in [0.2, 0.25) is 0 Å². The summed E-state index contributed by atoms with van der Waals surface area (Å²) in [6, 6.07) is 7.11. The van der Waals surface area contributed by atoms with E-state index in [4.69, 9.17) is 5.73 Å². The van der Waals surface area contributed by atoms with Crippen LogP contribution in [0.4, 0.5) is 4.39 Å². The Balaban J connectivity index is 2.23. The second-order valence-corrected chi connectivity index (χ2v) is 5.06. The summed E-state index contributed by atoms with van der Waals surface area (Å²) in [6.07, 6.45) is 5.35. The molecule has 2 rings (SSSR count). The van der Waals surface area contributed by atoms with Crippen LogP contribution in [0, 0.1) is 5.82 Å². The molecule has 0 saturated heterocycles. The number of nitrogens with two attached hydrogens (primary N) is 1. The van der Waals surface area contributed by atoms with Crippen LogP contribution >= 0.6 is 0 Å². The molecule has 3 nitrogen and oxygen atoms in total. The molecule has 0 aliphatic heterocycles. The van der Waals surface area contributed by atoms with E-state index in [1.54, 1.807) is 6.07 Å². The molecular formula is C16H20FN3. The van der Waals surface area contributed by atoms with Gasteiger partial charge in [0, 0.05) is 18.3 Å². The predicted octanol–water partition coefficient (Wildman–Crippen LogP) is 2.98. The zero-order valence-corrected chi connectivity index (χ0v) is 11.9. The van der Waals surface area contributed by atoms with Crippen LogP contribution < -0.4 is 5.73 Å². The quantitative estimate of drug-likeness (QED) is 0.911. The molecule has 0 fully saturated rings. The van der Waals surface area contributed by atoms with Crippen LogP contribution in [0.15, 0.2) is 36.7 Å². The van der Waals surface area contributed by atoms with Crippen molar-refractivity contribution in [1.29, 1.82) is 0 Å². The fraction of sp³-hybridized carbons (Fsp3) is 0.375. The van der Waals surface area contributed by atoms with E-state index in [2.05, 4.69) is 23.0 Å². The average molecular weight is 273 g/mol. The van der Waals surface area contributed by atoms with Crippen LogP contribution in [0.1, 0.15) is 37.2 Å². The van der Waals surface area contributed by atoms with Gasteiger partial charge in [-0.25, -0.2) is 4.39 Å². The third-order valence-electron chi connectivity index (χ3n) is 3.66. The number of hydrogen-bond donors (Lipinski definition) is 1. The molecule has 2 heterocycles. The summed E-state index contributed by atoms with van der Waals surface area (Å²) in [5, 5.41) is 0. The van der Waals surface area contributed by atoms with Gasteiger partial charge in [-0.05, 0) is 36.6 Å². The summed E-state index contributed by atoms with van der Waals surface area (Å²) in [4.78, 5) is 8.57. The van der Waals surface area contributed by atoms with Gasteiger partial charge >= 0.3 is 0 Å². The van der Waals surface area contributed by atoms with Gasteiger partial charge < -0.3 is 5.73 Å². The molecule has 0 aliphatic rings. The Kier molecular flexibility index (Phi) is 4.45. The molecule has 0 spiro atoms. The van der Waals surface area contributed by atoms with Gasteiger partial charge in [-0.15, -0.1) is 0 Å². The molecule has 2 N–H and O–H groups in total. The van der Waals surface area contributed by atoms with Crippen molar-refractivity contribution in [2.75, 3.05) is 0 Å². The molecule has 0 amide bonds. The van der Waals surface area contributed by atoms with Crippen molar-refractivity contribution in [3.63, 3.8) is 0 Å². The summed E-state index contributed by atoms with van der Waals surface area (Å²) < 4.78 is 13.0. The second-order valence-electron chi connectivity index (χ2n) is 5.06. The number of aromatic nitrogens is 2. The van der Waals surface area contributed by atoms with Crippen LogP contribution in [0.5, 0.6) is 0 Å². The molecule has 0 aromatic carbocycles. The highest BCUT2D eigenvalue weighted by molar-refractivity contribution is 5.21. The minimum absolute atomic E-state index is 0.349. The lowest BCUT2D eigenvalue weighted by molar-refractivity contribution is 0.406. The standard InChI is InChI=1S/C16H20FN3/c1-3-12-5-7-14(19-10-12)9-16(18,4-2)15-8-6-13(17)11-20-15/h5-8,10-11H,3-4,9,18H2,1-2H3. The monoisotopic (exact) mass is 273 g/mol. The number of aryl methyl sites for hydroxylation is 1. The first-order valence-electron chi connectivity index (χ1n) is 6.92. The highest BCUT2D eigenvalue weighted by Gasteiger charge is 2.27. The highest BCUT2D eigenvalue weighted by atomic mass is 19.1. The maximum Gasteiger partial charge on any atom is 0.141 e. The molecule has 1 unspecified atom stereocenters. The highest BCUT2D eigenvalue weighted by Crippen LogP contribution is 2.24. The third kappa shape index (κ3) is 3.20. The lowest BCUT2D eigenvalue weighted by atomic mass is 9.87. The lowest BCUT2D eigenvalue weighted by Crippen LogP contribution is -2.39. The van der Waals surface area contributed by atoms with Gasteiger partial charge in [0.2, 0.25) is 0 Å². The number of hydrogen-bond acceptors (Lipinski definition) is 3. The Morgan fingerprint density at radius 1 is 1.10 bits per heavy atom. The first-order valence-corrected chi connectivity index (χ1v) is 6.92. The van der Waals surface area contributed by atoms with E-state index in [9.17, 15) is 4.39 Å². The van der Waals surface area contributed by atoms with Crippen LogP contribution in [0.3, 0.4) is 0 Å². The molecule has 0 bridgehead atoms. The second kappa shape index (κ2) is 6.09. The summed E-state index contributed by atoms with van der Waals surface area (Å²) in [5.74, 6) is -0.349. The Morgan fingerprint density at radius 3 is 2.40 bits per heavy atom. The Bertz CT molecular complexity index is 551. The molecule has 106 valence electrons. The fourth-order valence-electron chi connectivity index (χ4n) is 2.16. The molecule has 4 heteroatoms. The van der Waals surface area contributed by atoms with E-state index in [1.165, 1.54) is 17.8 Å². The summed E-state index contributed by atoms with van der Waals surface area (Å²) in [7, 11) is 0. The molecule has 2 aromatic heterocycles. The zero-order valence-electron chi connectivity index (χ0n) is 11.9. The molecule has 0 aliphatic carbocycles. The first-order chi connectivity index (χ1) is 9.57. The molecular weight excluding hydrogens is 253 g/mol. The molecule has 0 saturated carbocycles. The Labute approximate surface area is 119 Å². The average Bonchev–Trinajstić information content (AvgIpc) is 2.48. The lowest BCUT2D eigenvalue weighted by Gasteiger charge is -2.27. The number of nitrogens with zero attached hydrogens (tertiary/aromatic N) is 2. The smallest absolute Gasteiger partial charge is 0.141 e. The Hall–Kier alpha value is -1.81. The van der Waals surface area contributed by atoms with Gasteiger partial charge in [-0.2, -0.15) is 0 Å². The normalized spacial score (nSPS) is 14.0. The minimum Gasteiger partial charge on any atom is -0.320 e.